The van der Waals surface area contributed by atoms with E-state index in [2.05, 4.69) is 267 Å². The molecule has 0 fully saturated rings. The predicted molar refractivity (Wildman–Crippen MR) is 337 cm³/mol. The number of aromatic nitrogens is 6. The van der Waals surface area contributed by atoms with E-state index in [0.29, 0.717) is 11.4 Å². The molecule has 5 heterocycles. The summed E-state index contributed by atoms with van der Waals surface area (Å²) in [6, 6.07) is 96.3. The highest BCUT2D eigenvalue weighted by atomic mass is 15.0. The van der Waals surface area contributed by atoms with Gasteiger partial charge >= 0.3 is 0 Å². The number of benzene rings is 12. The number of hydrogen-bond donors (Lipinski definition) is 0. The van der Waals surface area contributed by atoms with Gasteiger partial charge in [0.25, 0.3) is 0 Å². The normalized spacial score (nSPS) is 12.1. The molecule has 17 aromatic rings. The molecule has 18 rings (SSSR count). The average Bonchev–Trinajstić information content (AvgIpc) is 4.48. The third-order valence-corrected chi connectivity index (χ3v) is 17.3. The molecule has 82 heavy (non-hydrogen) atoms. The molecular weight excluding hydrogens is 999 g/mol. The molecule has 0 unspecified atom stereocenters. The molecule has 378 valence electrons. The number of nitrogens with zero attached hydrogens (tertiary/aromatic N) is 7. The Morgan fingerprint density at radius 1 is 0.293 bits per heavy atom. The topological polar surface area (TPSA) is 69.3 Å². The zero-order valence-corrected chi connectivity index (χ0v) is 44.0. The molecule has 0 aliphatic heterocycles. The minimum absolute atomic E-state index is 0.574. The van der Waals surface area contributed by atoms with Crippen LogP contribution >= 0.6 is 0 Å². The summed E-state index contributed by atoms with van der Waals surface area (Å²) >= 11 is 0. The standard InChI is InChI=1S/C75H43N7/c76-44-45-16-13-19-47(38-45)73-72-59-26-14-17-46-18-15-27-60(71(46)59)74(72)78-75(77-73)48-39-51(81-67-32-11-5-24-57(67)61-42-49(34-36-69(61)81)79-63-28-7-1-20-53(63)54-21-2-8-29-64(54)79)41-52(40-48)82-68-33-12-6-25-58(68)62-43-50(35-37-70(62)82)80-65-30-9-3-22-55(65)56-23-4-10-31-66(56)80/h1-43H. The molecule has 0 radical (unpaired) electrons. The van der Waals surface area contributed by atoms with E-state index in [1.165, 1.54) is 43.6 Å². The first kappa shape index (κ1) is 44.6. The smallest absolute Gasteiger partial charge is 0.160 e. The zero-order chi connectivity index (χ0) is 53.7. The Hall–Kier alpha value is -11.3. The van der Waals surface area contributed by atoms with Crippen LogP contribution in [0.5, 0.6) is 0 Å². The maximum absolute atomic E-state index is 10.2. The van der Waals surface area contributed by atoms with E-state index < -0.39 is 0 Å². The average molecular weight is 1040 g/mol. The van der Waals surface area contributed by atoms with Crippen LogP contribution in [0.1, 0.15) is 5.56 Å². The largest absolute Gasteiger partial charge is 0.309 e. The summed E-state index contributed by atoms with van der Waals surface area (Å²) in [7, 11) is 0. The van der Waals surface area contributed by atoms with Gasteiger partial charge in [-0.15, -0.1) is 0 Å². The molecule has 0 atom stereocenters. The molecule has 0 saturated heterocycles. The molecule has 0 bridgehead atoms. The SMILES string of the molecule is N#Cc1cccc(-c2nc(-c3cc(-n4c5ccccc5c5cc(-n6c7ccccc7c7ccccc76)ccc54)cc(-n4c5ccccc5c5cc(-n6c7ccccc7c7ccccc76)ccc54)c3)nc3c2-c2cccc4cccc-3c24)c1. The van der Waals surface area contributed by atoms with Crippen molar-refractivity contribution in [3.05, 3.63) is 266 Å². The Kier molecular flexibility index (Phi) is 9.17. The van der Waals surface area contributed by atoms with E-state index in [1.54, 1.807) is 0 Å². The van der Waals surface area contributed by atoms with Crippen molar-refractivity contribution >= 4 is 98.0 Å². The molecule has 1 aliphatic rings. The maximum Gasteiger partial charge on any atom is 0.160 e. The second-order valence-electron chi connectivity index (χ2n) is 21.6. The summed E-state index contributed by atoms with van der Waals surface area (Å²) in [4.78, 5) is 11.3. The highest BCUT2D eigenvalue weighted by molar-refractivity contribution is 6.18. The number of para-hydroxylation sites is 6. The summed E-state index contributed by atoms with van der Waals surface area (Å²) in [5, 5.41) is 22.1. The molecule has 0 N–H and O–H groups in total. The fourth-order valence-corrected chi connectivity index (χ4v) is 13.9. The van der Waals surface area contributed by atoms with Crippen LogP contribution in [-0.4, -0.2) is 28.2 Å². The Labute approximate surface area is 469 Å². The fourth-order valence-electron chi connectivity index (χ4n) is 13.9. The van der Waals surface area contributed by atoms with E-state index in [-0.39, 0.29) is 0 Å². The first-order chi connectivity index (χ1) is 40.6. The van der Waals surface area contributed by atoms with Crippen molar-refractivity contribution in [2.24, 2.45) is 0 Å². The minimum Gasteiger partial charge on any atom is -0.309 e. The Balaban J connectivity index is 0.920. The highest BCUT2D eigenvalue weighted by Gasteiger charge is 2.29. The molecule has 1 aliphatic carbocycles. The van der Waals surface area contributed by atoms with Crippen molar-refractivity contribution in [2.45, 2.75) is 0 Å². The van der Waals surface area contributed by atoms with Crippen LogP contribution in [-0.2, 0) is 0 Å². The summed E-state index contributed by atoms with van der Waals surface area (Å²) in [5.41, 5.74) is 20.3. The lowest BCUT2D eigenvalue weighted by molar-refractivity contribution is 1.12. The quantitative estimate of drug-likeness (QED) is 0.167. The van der Waals surface area contributed by atoms with Crippen LogP contribution in [0.4, 0.5) is 0 Å². The molecule has 7 heteroatoms. The third-order valence-electron chi connectivity index (χ3n) is 17.3. The van der Waals surface area contributed by atoms with Crippen LogP contribution in [0, 0.1) is 11.3 Å². The van der Waals surface area contributed by atoms with E-state index >= 15 is 0 Å². The van der Waals surface area contributed by atoms with Crippen molar-refractivity contribution in [1.82, 2.24) is 28.2 Å². The second-order valence-corrected chi connectivity index (χ2v) is 21.6. The molecule has 12 aromatic carbocycles. The van der Waals surface area contributed by atoms with Crippen molar-refractivity contribution in [2.75, 3.05) is 0 Å². The van der Waals surface area contributed by atoms with E-state index in [9.17, 15) is 5.26 Å². The predicted octanol–water partition coefficient (Wildman–Crippen LogP) is 18.9. The summed E-state index contributed by atoms with van der Waals surface area (Å²) in [5.74, 6) is 0.591. The van der Waals surface area contributed by atoms with Gasteiger partial charge in [0.15, 0.2) is 5.82 Å². The van der Waals surface area contributed by atoms with Crippen LogP contribution in [0.3, 0.4) is 0 Å². The lowest BCUT2D eigenvalue weighted by Gasteiger charge is -2.17. The molecule has 0 spiro atoms. The van der Waals surface area contributed by atoms with Gasteiger partial charge in [0.05, 0.1) is 67.2 Å². The summed E-state index contributed by atoms with van der Waals surface area (Å²) < 4.78 is 9.64. The molecule has 7 nitrogen and oxygen atoms in total. The van der Waals surface area contributed by atoms with Gasteiger partial charge in [-0.2, -0.15) is 5.26 Å². The Morgan fingerprint density at radius 3 is 1.17 bits per heavy atom. The number of rotatable bonds is 6. The maximum atomic E-state index is 10.2. The Morgan fingerprint density at radius 2 is 0.695 bits per heavy atom. The van der Waals surface area contributed by atoms with Gasteiger partial charge in [-0.1, -0.05) is 158 Å². The monoisotopic (exact) mass is 1040 g/mol. The van der Waals surface area contributed by atoms with E-state index in [0.717, 1.165) is 116 Å². The van der Waals surface area contributed by atoms with Crippen molar-refractivity contribution < 1.29 is 0 Å². The van der Waals surface area contributed by atoms with Gasteiger partial charge in [0.1, 0.15) is 0 Å². The highest BCUT2D eigenvalue weighted by Crippen LogP contribution is 2.51. The van der Waals surface area contributed by atoms with Gasteiger partial charge < -0.3 is 18.3 Å². The van der Waals surface area contributed by atoms with Gasteiger partial charge in [0.2, 0.25) is 0 Å². The second kappa shape index (κ2) is 16.8. The van der Waals surface area contributed by atoms with Crippen LogP contribution in [0.25, 0.3) is 166 Å². The molecule has 0 saturated carbocycles. The zero-order valence-electron chi connectivity index (χ0n) is 44.0. The first-order valence-corrected chi connectivity index (χ1v) is 27.8. The lowest BCUT2D eigenvalue weighted by Crippen LogP contribution is -2.03. The number of nitriles is 1. The summed E-state index contributed by atoms with van der Waals surface area (Å²) in [6.07, 6.45) is 0. The van der Waals surface area contributed by atoms with Crippen molar-refractivity contribution in [3.63, 3.8) is 0 Å². The van der Waals surface area contributed by atoms with Crippen molar-refractivity contribution in [1.29, 1.82) is 5.26 Å². The van der Waals surface area contributed by atoms with Gasteiger partial charge in [-0.05, 0) is 119 Å². The van der Waals surface area contributed by atoms with Crippen molar-refractivity contribution in [3.8, 4) is 73.8 Å². The molecule has 0 amide bonds. The van der Waals surface area contributed by atoms with E-state index in [4.69, 9.17) is 9.97 Å². The molecular formula is C75H43N7. The minimum atomic E-state index is 0.574. The molecule has 5 aromatic heterocycles. The van der Waals surface area contributed by atoms with Gasteiger partial charge in [-0.25, -0.2) is 9.97 Å². The van der Waals surface area contributed by atoms with Crippen LogP contribution in [0.2, 0.25) is 0 Å². The Bertz CT molecular complexity index is 5320. The van der Waals surface area contributed by atoms with Crippen LogP contribution < -0.4 is 0 Å². The van der Waals surface area contributed by atoms with Crippen LogP contribution in [0.15, 0.2) is 261 Å². The number of fused-ring (bicyclic) bond motifs is 15. The first-order valence-electron chi connectivity index (χ1n) is 27.8. The summed E-state index contributed by atoms with van der Waals surface area (Å²) in [6.45, 7) is 0. The van der Waals surface area contributed by atoms with E-state index in [1.807, 2.05) is 18.2 Å². The third kappa shape index (κ3) is 6.23. The van der Waals surface area contributed by atoms with Gasteiger partial charge in [-0.3, -0.25) is 0 Å². The lowest BCUT2D eigenvalue weighted by atomic mass is 9.98. The number of hydrogen-bond acceptors (Lipinski definition) is 3. The fraction of sp³-hybridized carbons (Fsp3) is 0. The van der Waals surface area contributed by atoms with Gasteiger partial charge in [0, 0.05) is 88.1 Å².